The van der Waals surface area contributed by atoms with Gasteiger partial charge in [-0.05, 0) is 78.6 Å². The van der Waals surface area contributed by atoms with Crippen molar-refractivity contribution in [1.82, 2.24) is 14.7 Å². The predicted octanol–water partition coefficient (Wildman–Crippen LogP) is 7.02. The fraction of sp³-hybridized carbons (Fsp3) is 0.176. The highest BCUT2D eigenvalue weighted by Crippen LogP contribution is 2.32. The minimum absolute atomic E-state index is 0.0271. The smallest absolute Gasteiger partial charge is 0.271 e. The van der Waals surface area contributed by atoms with Gasteiger partial charge in [0.15, 0.2) is 0 Å². The van der Waals surface area contributed by atoms with Crippen LogP contribution in [0.15, 0.2) is 102 Å². The van der Waals surface area contributed by atoms with Crippen molar-refractivity contribution in [3.8, 4) is 28.8 Å². The molecule has 0 radical (unpaired) electrons. The third-order valence-corrected chi connectivity index (χ3v) is 7.13. The number of carbonyl (C=O) groups excluding carboxylic acids is 2. The molecule has 5 rings (SSSR count). The molecule has 0 saturated carbocycles. The summed E-state index contributed by atoms with van der Waals surface area (Å²) in [6.07, 6.45) is 3.57. The highest BCUT2D eigenvalue weighted by molar-refractivity contribution is 6.30. The van der Waals surface area contributed by atoms with E-state index in [4.69, 9.17) is 21.4 Å². The first-order valence-corrected chi connectivity index (χ1v) is 13.9. The second kappa shape index (κ2) is 12.3. The molecule has 0 bridgehead atoms. The summed E-state index contributed by atoms with van der Waals surface area (Å²) >= 11 is 5.98. The average Bonchev–Trinajstić information content (AvgIpc) is 3.42. The summed E-state index contributed by atoms with van der Waals surface area (Å²) in [5.74, 6) is -0.233. The Labute approximate surface area is 249 Å². The van der Waals surface area contributed by atoms with E-state index in [0.717, 1.165) is 21.7 Å². The largest absolute Gasteiger partial charge is 0.489 e. The average molecular weight is 577 g/mol. The lowest BCUT2D eigenvalue weighted by molar-refractivity contribution is -0.141. The summed E-state index contributed by atoms with van der Waals surface area (Å²) in [5, 5.41) is 15.3. The fourth-order valence-electron chi connectivity index (χ4n) is 4.70. The minimum Gasteiger partial charge on any atom is -0.489 e. The first-order valence-electron chi connectivity index (χ1n) is 13.6. The summed E-state index contributed by atoms with van der Waals surface area (Å²) in [6, 6.07) is 26.7. The third kappa shape index (κ3) is 6.04. The number of aromatic nitrogens is 2. The maximum Gasteiger partial charge on any atom is 0.271 e. The quantitative estimate of drug-likeness (QED) is 0.166. The van der Waals surface area contributed by atoms with Crippen LogP contribution in [0.25, 0.3) is 23.0 Å². The molecule has 0 N–H and O–H groups in total. The molecule has 0 unspecified atom stereocenters. The predicted molar refractivity (Wildman–Crippen MR) is 163 cm³/mol. The molecule has 2 amide bonds. The van der Waals surface area contributed by atoms with Crippen molar-refractivity contribution < 1.29 is 14.3 Å². The van der Waals surface area contributed by atoms with Crippen LogP contribution in [-0.2, 0) is 16.2 Å². The first kappa shape index (κ1) is 28.6. The molecular weight excluding hydrogens is 548 g/mol. The molecule has 0 fully saturated rings. The first-order chi connectivity index (χ1) is 20.2. The monoisotopic (exact) mass is 576 g/mol. The van der Waals surface area contributed by atoms with Gasteiger partial charge in [0.2, 0.25) is 0 Å². The molecule has 0 atom stereocenters. The van der Waals surface area contributed by atoms with Gasteiger partial charge in [0, 0.05) is 34.5 Å². The Morgan fingerprint density at radius 2 is 1.67 bits per heavy atom. The summed E-state index contributed by atoms with van der Waals surface area (Å²) < 4.78 is 7.71. The van der Waals surface area contributed by atoms with E-state index in [-0.39, 0.29) is 18.0 Å². The van der Waals surface area contributed by atoms with Crippen LogP contribution >= 0.6 is 11.6 Å². The van der Waals surface area contributed by atoms with Crippen LogP contribution in [0.2, 0.25) is 5.02 Å². The number of amides is 2. The second-order valence-corrected chi connectivity index (χ2v) is 10.9. The van der Waals surface area contributed by atoms with Crippen molar-refractivity contribution in [2.45, 2.75) is 27.4 Å². The zero-order chi connectivity index (χ0) is 29.8. The number of hydrogen-bond acceptors (Lipinski definition) is 5. The van der Waals surface area contributed by atoms with Crippen molar-refractivity contribution in [2.75, 3.05) is 6.54 Å². The van der Waals surface area contributed by atoms with Gasteiger partial charge in [-0.2, -0.15) is 10.4 Å². The van der Waals surface area contributed by atoms with E-state index in [0.29, 0.717) is 39.8 Å². The topological polar surface area (TPSA) is 88.2 Å². The molecule has 2 heterocycles. The Kier molecular flexibility index (Phi) is 8.37. The van der Waals surface area contributed by atoms with E-state index in [9.17, 15) is 14.9 Å². The second-order valence-electron chi connectivity index (χ2n) is 10.4. The van der Waals surface area contributed by atoms with Gasteiger partial charge in [0.25, 0.3) is 11.8 Å². The van der Waals surface area contributed by atoms with Gasteiger partial charge in [-0.15, -0.1) is 0 Å². The Bertz CT molecular complexity index is 1730. The molecule has 8 heteroatoms. The van der Waals surface area contributed by atoms with Crippen molar-refractivity contribution in [2.24, 2.45) is 5.92 Å². The highest BCUT2D eigenvalue weighted by Gasteiger charge is 2.36. The van der Waals surface area contributed by atoms with Gasteiger partial charge in [-0.1, -0.05) is 55.8 Å². The Balaban J connectivity index is 1.54. The van der Waals surface area contributed by atoms with Crippen LogP contribution in [0.4, 0.5) is 0 Å². The van der Waals surface area contributed by atoms with Crippen LogP contribution in [0.5, 0.6) is 5.75 Å². The number of benzene rings is 3. The molecule has 1 aliphatic heterocycles. The van der Waals surface area contributed by atoms with Crippen LogP contribution in [-0.4, -0.2) is 33.0 Å². The van der Waals surface area contributed by atoms with Gasteiger partial charge < -0.3 is 4.74 Å². The van der Waals surface area contributed by atoms with Crippen LogP contribution in [0, 0.1) is 17.2 Å². The number of para-hydroxylation sites is 1. The zero-order valence-corrected chi connectivity index (χ0v) is 24.3. The lowest BCUT2D eigenvalue weighted by Crippen LogP contribution is -2.44. The number of rotatable bonds is 8. The highest BCUT2D eigenvalue weighted by atomic mass is 35.5. The Morgan fingerprint density at radius 1 is 0.976 bits per heavy atom. The fourth-order valence-corrected chi connectivity index (χ4v) is 4.83. The molecular formula is C34H29ClN4O3. The normalized spacial score (nSPS) is 14.6. The van der Waals surface area contributed by atoms with E-state index in [1.165, 1.54) is 0 Å². The number of carbonyl (C=O) groups is 2. The van der Waals surface area contributed by atoms with Crippen molar-refractivity contribution >= 4 is 29.5 Å². The standard InChI is InChI=1S/C34H29ClN4O3/c1-22(2)19-38-33(40)30(23(3)31(18-36)34(38)41)17-26-20-39(28-7-5-4-6-8-28)37-32(26)25-11-15-29(16-12-25)42-21-24-9-13-27(35)14-10-24/h4-17,20,22H,19,21H2,1-3H3/b30-17+. The number of ether oxygens (including phenoxy) is 1. The Morgan fingerprint density at radius 3 is 2.31 bits per heavy atom. The van der Waals surface area contributed by atoms with Gasteiger partial charge >= 0.3 is 0 Å². The van der Waals surface area contributed by atoms with Gasteiger partial charge in [0.05, 0.1) is 11.4 Å². The van der Waals surface area contributed by atoms with Crippen molar-refractivity contribution in [1.29, 1.82) is 5.26 Å². The van der Waals surface area contributed by atoms with Crippen LogP contribution in [0.1, 0.15) is 31.9 Å². The van der Waals surface area contributed by atoms with E-state index < -0.39 is 11.8 Å². The molecule has 4 aromatic rings. The molecule has 1 aromatic heterocycles. The molecule has 0 saturated heterocycles. The van der Waals surface area contributed by atoms with E-state index in [2.05, 4.69) is 0 Å². The summed E-state index contributed by atoms with van der Waals surface area (Å²) in [5.41, 5.74) is 4.61. The van der Waals surface area contributed by atoms with Gasteiger partial charge in [0.1, 0.15) is 24.0 Å². The number of hydrogen-bond donors (Lipinski definition) is 0. The van der Waals surface area contributed by atoms with Crippen molar-refractivity contribution in [3.63, 3.8) is 0 Å². The zero-order valence-electron chi connectivity index (χ0n) is 23.5. The summed E-state index contributed by atoms with van der Waals surface area (Å²) in [4.78, 5) is 27.7. The maximum atomic E-state index is 13.6. The molecule has 3 aromatic carbocycles. The molecule has 1 aliphatic rings. The summed E-state index contributed by atoms with van der Waals surface area (Å²) in [6.45, 7) is 6.11. The van der Waals surface area contributed by atoms with Gasteiger partial charge in [-0.3, -0.25) is 14.5 Å². The number of nitrogens with zero attached hydrogens (tertiary/aromatic N) is 4. The number of nitriles is 1. The van der Waals surface area contributed by atoms with Crippen LogP contribution in [0.3, 0.4) is 0 Å². The molecule has 0 spiro atoms. The number of halogens is 1. The molecule has 42 heavy (non-hydrogen) atoms. The van der Waals surface area contributed by atoms with E-state index in [1.54, 1.807) is 17.7 Å². The number of imide groups is 1. The molecule has 0 aliphatic carbocycles. The van der Waals surface area contributed by atoms with E-state index in [1.807, 2.05) is 105 Å². The lowest BCUT2D eigenvalue weighted by Gasteiger charge is -2.28. The Hall–Kier alpha value is -4.93. The lowest BCUT2D eigenvalue weighted by atomic mass is 9.92. The van der Waals surface area contributed by atoms with Gasteiger partial charge in [-0.25, -0.2) is 4.68 Å². The summed E-state index contributed by atoms with van der Waals surface area (Å²) in [7, 11) is 0. The minimum atomic E-state index is -0.555. The molecule has 7 nitrogen and oxygen atoms in total. The maximum absolute atomic E-state index is 13.6. The van der Waals surface area contributed by atoms with Crippen LogP contribution < -0.4 is 4.74 Å². The third-order valence-electron chi connectivity index (χ3n) is 6.88. The van der Waals surface area contributed by atoms with Crippen molar-refractivity contribution in [3.05, 3.63) is 118 Å². The van der Waals surface area contributed by atoms with E-state index >= 15 is 0 Å². The SMILES string of the molecule is CC1=C(C#N)C(=O)N(CC(C)C)C(=O)/C1=C/c1cn(-c2ccccc2)nc1-c1ccc(OCc2ccc(Cl)cc2)cc1. The molecule has 210 valence electrons.